The molecule has 1 fully saturated rings. The van der Waals surface area contributed by atoms with Crippen molar-refractivity contribution >= 4 is 11.8 Å². The van der Waals surface area contributed by atoms with E-state index in [2.05, 4.69) is 10.5 Å². The minimum Gasteiger partial charge on any atom is -0.454 e. The van der Waals surface area contributed by atoms with Crippen molar-refractivity contribution in [1.29, 1.82) is 0 Å². The third-order valence-electron chi connectivity index (χ3n) is 5.04. The number of likely N-dealkylation sites (tertiary alicyclic amines) is 1. The molecule has 2 amide bonds. The molecule has 0 saturated carbocycles. The minimum absolute atomic E-state index is 0.0468. The monoisotopic (exact) mass is 385 g/mol. The number of benzene rings is 1. The fraction of sp³-hybridized carbons (Fsp3) is 0.450. The number of amides is 2. The fourth-order valence-corrected chi connectivity index (χ4v) is 3.60. The Bertz CT molecular complexity index is 878. The zero-order valence-electron chi connectivity index (χ0n) is 15.8. The molecule has 0 aliphatic carbocycles. The van der Waals surface area contributed by atoms with Gasteiger partial charge in [0.2, 0.25) is 12.7 Å². The third-order valence-corrected chi connectivity index (χ3v) is 5.04. The van der Waals surface area contributed by atoms with Gasteiger partial charge in [0.05, 0.1) is 6.42 Å². The molecule has 2 aliphatic heterocycles. The van der Waals surface area contributed by atoms with Gasteiger partial charge >= 0.3 is 0 Å². The van der Waals surface area contributed by atoms with Crippen LogP contribution in [-0.4, -0.2) is 48.3 Å². The van der Waals surface area contributed by atoms with Gasteiger partial charge in [-0.15, -0.1) is 0 Å². The summed E-state index contributed by atoms with van der Waals surface area (Å²) in [6.45, 7) is 3.83. The van der Waals surface area contributed by atoms with Gasteiger partial charge in [-0.05, 0) is 43.4 Å². The van der Waals surface area contributed by atoms with Crippen molar-refractivity contribution in [3.8, 4) is 11.5 Å². The normalized spacial score (nSPS) is 18.2. The second-order valence-electron chi connectivity index (χ2n) is 7.25. The zero-order valence-corrected chi connectivity index (χ0v) is 15.8. The predicted octanol–water partition coefficient (Wildman–Crippen LogP) is 1.92. The fourth-order valence-electron chi connectivity index (χ4n) is 3.60. The number of carbonyl (C=O) groups excluding carboxylic acids is 2. The van der Waals surface area contributed by atoms with E-state index in [-0.39, 0.29) is 30.9 Å². The standard InChI is InChI=1S/C20H23N3O5/c1-13-7-16(22-28-13)20(25)23-6-2-3-15(11-23)10-21-19(24)9-14-4-5-17-18(8-14)27-12-26-17/h4-5,7-8,15H,2-3,6,9-12H2,1H3,(H,21,24). The van der Waals surface area contributed by atoms with Crippen LogP contribution >= 0.6 is 0 Å². The Kier molecular flexibility index (Phi) is 5.18. The van der Waals surface area contributed by atoms with E-state index in [1.54, 1.807) is 17.9 Å². The quantitative estimate of drug-likeness (QED) is 0.845. The van der Waals surface area contributed by atoms with E-state index in [4.69, 9.17) is 14.0 Å². The molecule has 28 heavy (non-hydrogen) atoms. The van der Waals surface area contributed by atoms with Crippen LogP contribution in [0.25, 0.3) is 0 Å². The Balaban J connectivity index is 1.27. The number of nitrogens with one attached hydrogen (secondary N) is 1. The minimum atomic E-state index is -0.117. The van der Waals surface area contributed by atoms with Crippen LogP contribution < -0.4 is 14.8 Å². The van der Waals surface area contributed by atoms with E-state index in [1.165, 1.54) is 0 Å². The molecular formula is C20H23N3O5. The van der Waals surface area contributed by atoms with Gasteiger partial charge in [-0.2, -0.15) is 0 Å². The Labute approximate surface area is 162 Å². The summed E-state index contributed by atoms with van der Waals surface area (Å²) in [7, 11) is 0. The van der Waals surface area contributed by atoms with Gasteiger partial charge in [0.25, 0.3) is 5.91 Å². The van der Waals surface area contributed by atoms with Gasteiger partial charge in [-0.1, -0.05) is 11.2 Å². The average molecular weight is 385 g/mol. The van der Waals surface area contributed by atoms with Gasteiger partial charge in [-0.25, -0.2) is 0 Å². The summed E-state index contributed by atoms with van der Waals surface area (Å²) in [5, 5.41) is 6.80. The molecule has 1 atom stereocenters. The molecule has 8 heteroatoms. The predicted molar refractivity (Wildman–Crippen MR) is 99.1 cm³/mol. The SMILES string of the molecule is Cc1cc(C(=O)N2CCCC(CNC(=O)Cc3ccc4c(c3)OCO4)C2)no1. The lowest BCUT2D eigenvalue weighted by atomic mass is 9.97. The maximum Gasteiger partial charge on any atom is 0.276 e. The van der Waals surface area contributed by atoms with Crippen LogP contribution in [0, 0.1) is 12.8 Å². The van der Waals surface area contributed by atoms with Crippen molar-refractivity contribution in [3.05, 3.63) is 41.3 Å². The van der Waals surface area contributed by atoms with E-state index in [0.29, 0.717) is 42.6 Å². The van der Waals surface area contributed by atoms with E-state index in [9.17, 15) is 9.59 Å². The van der Waals surface area contributed by atoms with Crippen molar-refractivity contribution < 1.29 is 23.6 Å². The number of ether oxygens (including phenoxy) is 2. The summed E-state index contributed by atoms with van der Waals surface area (Å²) in [6.07, 6.45) is 2.17. The van der Waals surface area contributed by atoms with Crippen LogP contribution in [0.1, 0.15) is 34.7 Å². The molecule has 8 nitrogen and oxygen atoms in total. The van der Waals surface area contributed by atoms with Crippen LogP contribution in [0.3, 0.4) is 0 Å². The molecule has 1 saturated heterocycles. The van der Waals surface area contributed by atoms with Crippen molar-refractivity contribution in [2.75, 3.05) is 26.4 Å². The Hall–Kier alpha value is -3.03. The Morgan fingerprint density at radius 2 is 2.11 bits per heavy atom. The lowest BCUT2D eigenvalue weighted by Gasteiger charge is -2.32. The number of aryl methyl sites for hydroxylation is 1. The van der Waals surface area contributed by atoms with Gasteiger partial charge < -0.3 is 24.2 Å². The number of fused-ring (bicyclic) bond motifs is 1. The third kappa shape index (κ3) is 4.11. The lowest BCUT2D eigenvalue weighted by Crippen LogP contribution is -2.44. The number of hydrogen-bond acceptors (Lipinski definition) is 6. The number of aromatic nitrogens is 1. The first kappa shape index (κ1) is 18.3. The van der Waals surface area contributed by atoms with Gasteiger partial charge in [0.15, 0.2) is 17.2 Å². The molecule has 2 aromatic rings. The largest absolute Gasteiger partial charge is 0.454 e. The molecule has 1 aromatic heterocycles. The summed E-state index contributed by atoms with van der Waals surface area (Å²) in [5.41, 5.74) is 1.22. The van der Waals surface area contributed by atoms with Gasteiger partial charge in [0, 0.05) is 25.7 Å². The number of nitrogens with zero attached hydrogens (tertiary/aromatic N) is 2. The number of carbonyl (C=O) groups is 2. The molecule has 0 radical (unpaired) electrons. The van der Waals surface area contributed by atoms with Crippen LogP contribution in [0.4, 0.5) is 0 Å². The molecule has 0 spiro atoms. The number of piperidine rings is 1. The van der Waals surface area contributed by atoms with E-state index in [1.807, 2.05) is 18.2 Å². The van der Waals surface area contributed by atoms with Crippen LogP contribution in [0.5, 0.6) is 11.5 Å². The first-order chi connectivity index (χ1) is 13.6. The molecule has 1 N–H and O–H groups in total. The molecule has 3 heterocycles. The maximum absolute atomic E-state index is 12.5. The van der Waals surface area contributed by atoms with Crippen molar-refractivity contribution in [2.45, 2.75) is 26.2 Å². The molecule has 1 aromatic carbocycles. The van der Waals surface area contributed by atoms with Crippen LogP contribution in [0.15, 0.2) is 28.8 Å². The number of rotatable bonds is 5. The van der Waals surface area contributed by atoms with E-state index in [0.717, 1.165) is 18.4 Å². The summed E-state index contributed by atoms with van der Waals surface area (Å²) in [6, 6.07) is 7.18. The molecular weight excluding hydrogens is 362 g/mol. The highest BCUT2D eigenvalue weighted by atomic mass is 16.7. The maximum atomic E-state index is 12.5. The summed E-state index contributed by atoms with van der Waals surface area (Å²) in [5.74, 6) is 2.06. The summed E-state index contributed by atoms with van der Waals surface area (Å²) >= 11 is 0. The van der Waals surface area contributed by atoms with Crippen molar-refractivity contribution in [1.82, 2.24) is 15.4 Å². The first-order valence-electron chi connectivity index (χ1n) is 9.46. The molecule has 1 unspecified atom stereocenters. The van der Waals surface area contributed by atoms with E-state index < -0.39 is 0 Å². The topological polar surface area (TPSA) is 93.9 Å². The van der Waals surface area contributed by atoms with Gasteiger partial charge in [0.1, 0.15) is 5.76 Å². The van der Waals surface area contributed by atoms with Crippen molar-refractivity contribution in [3.63, 3.8) is 0 Å². The highest BCUT2D eigenvalue weighted by Crippen LogP contribution is 2.32. The average Bonchev–Trinajstić information content (AvgIpc) is 3.34. The lowest BCUT2D eigenvalue weighted by molar-refractivity contribution is -0.120. The van der Waals surface area contributed by atoms with E-state index >= 15 is 0 Å². The zero-order chi connectivity index (χ0) is 19.5. The Morgan fingerprint density at radius 3 is 2.93 bits per heavy atom. The summed E-state index contributed by atoms with van der Waals surface area (Å²) in [4.78, 5) is 26.6. The second-order valence-corrected chi connectivity index (χ2v) is 7.25. The highest BCUT2D eigenvalue weighted by molar-refractivity contribution is 5.92. The highest BCUT2D eigenvalue weighted by Gasteiger charge is 2.26. The second kappa shape index (κ2) is 7.92. The first-order valence-corrected chi connectivity index (χ1v) is 9.46. The smallest absolute Gasteiger partial charge is 0.276 e. The summed E-state index contributed by atoms with van der Waals surface area (Å²) < 4.78 is 15.6. The Morgan fingerprint density at radius 1 is 1.25 bits per heavy atom. The molecule has 4 rings (SSSR count). The van der Waals surface area contributed by atoms with Crippen LogP contribution in [0.2, 0.25) is 0 Å². The molecule has 0 bridgehead atoms. The van der Waals surface area contributed by atoms with Gasteiger partial charge in [-0.3, -0.25) is 9.59 Å². The number of hydrogen-bond donors (Lipinski definition) is 1. The van der Waals surface area contributed by atoms with Crippen LogP contribution in [-0.2, 0) is 11.2 Å². The van der Waals surface area contributed by atoms with Crippen molar-refractivity contribution in [2.24, 2.45) is 5.92 Å². The molecule has 2 aliphatic rings. The molecule has 148 valence electrons.